The Bertz CT molecular complexity index is 693. The van der Waals surface area contributed by atoms with E-state index in [1.807, 2.05) is 30.3 Å². The number of nitrogens with zero attached hydrogens (tertiary/aromatic N) is 2. The first kappa shape index (κ1) is 10.5. The van der Waals surface area contributed by atoms with E-state index in [1.165, 1.54) is 0 Å². The van der Waals surface area contributed by atoms with Gasteiger partial charge < -0.3 is 5.73 Å². The van der Waals surface area contributed by atoms with Crippen LogP contribution in [0.1, 0.15) is 0 Å². The zero-order valence-corrected chi connectivity index (χ0v) is 10.3. The average Bonchev–Trinajstić information content (AvgIpc) is 2.72. The van der Waals surface area contributed by atoms with Crippen LogP contribution in [0.2, 0.25) is 5.02 Å². The van der Waals surface area contributed by atoms with Crippen LogP contribution in [-0.2, 0) is 0 Å². The molecule has 0 aliphatic heterocycles. The molecule has 0 atom stereocenters. The summed E-state index contributed by atoms with van der Waals surface area (Å²) in [5.41, 5.74) is 7.55. The largest absolute Gasteiger partial charge is 0.384 e. The highest BCUT2D eigenvalue weighted by atomic mass is 35.5. The van der Waals surface area contributed by atoms with Crippen molar-refractivity contribution in [3.8, 4) is 10.6 Å². The van der Waals surface area contributed by atoms with Crippen molar-refractivity contribution in [2.24, 2.45) is 0 Å². The summed E-state index contributed by atoms with van der Waals surface area (Å²) >= 11 is 7.55. The van der Waals surface area contributed by atoms with Crippen LogP contribution in [0, 0.1) is 0 Å². The van der Waals surface area contributed by atoms with E-state index in [-0.39, 0.29) is 0 Å². The fourth-order valence-electron chi connectivity index (χ4n) is 1.61. The standard InChI is InChI=1S/C12H8ClN3S/c13-8-1-2-10-9(6-8)16-12(17-10)7-3-4-15-11(14)5-7/h1-6H,(H2,14,15). The summed E-state index contributed by atoms with van der Waals surface area (Å²) in [4.78, 5) is 8.50. The van der Waals surface area contributed by atoms with Crippen molar-refractivity contribution in [2.45, 2.75) is 0 Å². The van der Waals surface area contributed by atoms with Gasteiger partial charge in [-0.2, -0.15) is 0 Å². The molecule has 84 valence electrons. The van der Waals surface area contributed by atoms with Crippen LogP contribution in [0.5, 0.6) is 0 Å². The quantitative estimate of drug-likeness (QED) is 0.728. The van der Waals surface area contributed by atoms with Gasteiger partial charge >= 0.3 is 0 Å². The van der Waals surface area contributed by atoms with Crippen molar-refractivity contribution in [3.63, 3.8) is 0 Å². The van der Waals surface area contributed by atoms with Gasteiger partial charge in [0.25, 0.3) is 0 Å². The molecule has 0 saturated heterocycles. The van der Waals surface area contributed by atoms with Crippen LogP contribution in [-0.4, -0.2) is 9.97 Å². The van der Waals surface area contributed by atoms with Gasteiger partial charge in [0.05, 0.1) is 10.2 Å². The SMILES string of the molecule is Nc1cc(-c2nc3cc(Cl)ccc3s2)ccn1. The minimum atomic E-state index is 0.500. The number of benzene rings is 1. The summed E-state index contributed by atoms with van der Waals surface area (Å²) in [5, 5.41) is 1.62. The molecule has 5 heteroatoms. The first-order valence-electron chi connectivity index (χ1n) is 5.00. The summed E-state index contributed by atoms with van der Waals surface area (Å²) < 4.78 is 1.11. The van der Waals surface area contributed by atoms with Crippen molar-refractivity contribution in [2.75, 3.05) is 5.73 Å². The summed E-state index contributed by atoms with van der Waals surface area (Å²) in [6.07, 6.45) is 1.68. The van der Waals surface area contributed by atoms with Crippen LogP contribution < -0.4 is 5.73 Å². The van der Waals surface area contributed by atoms with Crippen molar-refractivity contribution < 1.29 is 0 Å². The number of fused-ring (bicyclic) bond motifs is 1. The molecule has 0 fully saturated rings. The van der Waals surface area contributed by atoms with Gasteiger partial charge in [0, 0.05) is 16.8 Å². The highest BCUT2D eigenvalue weighted by Crippen LogP contribution is 2.31. The number of pyridine rings is 1. The fourth-order valence-corrected chi connectivity index (χ4v) is 2.71. The van der Waals surface area contributed by atoms with Gasteiger partial charge in [-0.05, 0) is 30.3 Å². The number of hydrogen-bond acceptors (Lipinski definition) is 4. The lowest BCUT2D eigenvalue weighted by molar-refractivity contribution is 1.33. The topological polar surface area (TPSA) is 51.8 Å². The third kappa shape index (κ3) is 1.97. The molecule has 2 N–H and O–H groups in total. The maximum atomic E-state index is 5.93. The summed E-state index contributed by atoms with van der Waals surface area (Å²) in [5.74, 6) is 0.500. The van der Waals surface area contributed by atoms with E-state index in [0.717, 1.165) is 20.8 Å². The van der Waals surface area contributed by atoms with Crippen LogP contribution in [0.15, 0.2) is 36.5 Å². The Morgan fingerprint density at radius 1 is 1.18 bits per heavy atom. The van der Waals surface area contributed by atoms with Gasteiger partial charge in [-0.1, -0.05) is 11.6 Å². The second kappa shape index (κ2) is 3.98. The number of anilines is 1. The molecule has 0 saturated carbocycles. The first-order valence-corrected chi connectivity index (χ1v) is 6.20. The Morgan fingerprint density at radius 2 is 2.06 bits per heavy atom. The molecule has 0 amide bonds. The maximum Gasteiger partial charge on any atom is 0.124 e. The number of thiazole rings is 1. The van der Waals surface area contributed by atoms with E-state index in [9.17, 15) is 0 Å². The van der Waals surface area contributed by atoms with Crippen molar-refractivity contribution in [1.82, 2.24) is 9.97 Å². The van der Waals surface area contributed by atoms with Gasteiger partial charge in [0.15, 0.2) is 0 Å². The van der Waals surface area contributed by atoms with Crippen molar-refractivity contribution >= 4 is 39.0 Å². The Balaban J connectivity index is 2.18. The molecule has 3 aromatic rings. The molecular formula is C12H8ClN3S. The fraction of sp³-hybridized carbons (Fsp3) is 0. The van der Waals surface area contributed by atoms with Crippen molar-refractivity contribution in [3.05, 3.63) is 41.6 Å². The van der Waals surface area contributed by atoms with E-state index in [0.29, 0.717) is 10.8 Å². The predicted octanol–water partition coefficient (Wildman–Crippen LogP) is 3.59. The van der Waals surface area contributed by atoms with E-state index in [2.05, 4.69) is 9.97 Å². The lowest BCUT2D eigenvalue weighted by atomic mass is 10.3. The van der Waals surface area contributed by atoms with Gasteiger partial charge in [0.2, 0.25) is 0 Å². The molecule has 0 bridgehead atoms. The van der Waals surface area contributed by atoms with Crippen molar-refractivity contribution in [1.29, 1.82) is 0 Å². The number of hydrogen-bond donors (Lipinski definition) is 1. The summed E-state index contributed by atoms with van der Waals surface area (Å²) in [7, 11) is 0. The zero-order chi connectivity index (χ0) is 11.8. The van der Waals surface area contributed by atoms with Crippen LogP contribution in [0.25, 0.3) is 20.8 Å². The Kier molecular flexibility index (Phi) is 2.46. The third-order valence-electron chi connectivity index (χ3n) is 2.38. The molecule has 3 nitrogen and oxygen atoms in total. The van der Waals surface area contributed by atoms with E-state index in [4.69, 9.17) is 17.3 Å². The molecule has 0 aliphatic rings. The minimum Gasteiger partial charge on any atom is -0.384 e. The smallest absolute Gasteiger partial charge is 0.124 e. The van der Waals surface area contributed by atoms with Crippen LogP contribution in [0.3, 0.4) is 0 Å². The molecule has 2 heterocycles. The molecule has 3 rings (SSSR count). The Labute approximate surface area is 107 Å². The van der Waals surface area contributed by atoms with Gasteiger partial charge in [-0.25, -0.2) is 9.97 Å². The number of halogens is 1. The minimum absolute atomic E-state index is 0.500. The normalized spacial score (nSPS) is 10.9. The number of nitrogens with two attached hydrogens (primary N) is 1. The number of rotatable bonds is 1. The average molecular weight is 262 g/mol. The van der Waals surface area contributed by atoms with Gasteiger partial charge in [-0.3, -0.25) is 0 Å². The molecule has 0 spiro atoms. The summed E-state index contributed by atoms with van der Waals surface area (Å²) in [6, 6.07) is 9.42. The molecule has 0 unspecified atom stereocenters. The predicted molar refractivity (Wildman–Crippen MR) is 72.3 cm³/mol. The summed E-state index contributed by atoms with van der Waals surface area (Å²) in [6.45, 7) is 0. The van der Waals surface area contributed by atoms with Gasteiger partial charge in [-0.15, -0.1) is 11.3 Å². The lowest BCUT2D eigenvalue weighted by Gasteiger charge is -1.95. The van der Waals surface area contributed by atoms with Gasteiger partial charge in [0.1, 0.15) is 10.8 Å². The molecule has 0 radical (unpaired) electrons. The van der Waals surface area contributed by atoms with Crippen LogP contribution >= 0.6 is 22.9 Å². The molecular weight excluding hydrogens is 254 g/mol. The maximum absolute atomic E-state index is 5.93. The molecule has 17 heavy (non-hydrogen) atoms. The van der Waals surface area contributed by atoms with E-state index >= 15 is 0 Å². The number of nitrogen functional groups attached to an aromatic ring is 1. The highest BCUT2D eigenvalue weighted by molar-refractivity contribution is 7.21. The van der Waals surface area contributed by atoms with E-state index in [1.54, 1.807) is 17.5 Å². The monoisotopic (exact) mass is 261 g/mol. The molecule has 1 aromatic carbocycles. The highest BCUT2D eigenvalue weighted by Gasteiger charge is 2.06. The molecule has 2 aromatic heterocycles. The second-order valence-electron chi connectivity index (χ2n) is 3.60. The first-order chi connectivity index (χ1) is 8.22. The van der Waals surface area contributed by atoms with Crippen LogP contribution in [0.4, 0.5) is 5.82 Å². The Morgan fingerprint density at radius 3 is 2.88 bits per heavy atom. The Hall–Kier alpha value is -1.65. The van der Waals surface area contributed by atoms with E-state index < -0.39 is 0 Å². The zero-order valence-electron chi connectivity index (χ0n) is 8.72. The second-order valence-corrected chi connectivity index (χ2v) is 5.07. The third-order valence-corrected chi connectivity index (χ3v) is 3.70. The molecule has 0 aliphatic carbocycles. The number of aromatic nitrogens is 2. The lowest BCUT2D eigenvalue weighted by Crippen LogP contribution is -1.88.